The smallest absolute Gasteiger partial charge is 0.323 e. The number of carbonyl (C=O) groups is 1. The van der Waals surface area contributed by atoms with Gasteiger partial charge in [-0.2, -0.15) is 0 Å². The van der Waals surface area contributed by atoms with Crippen molar-refractivity contribution < 1.29 is 14.3 Å². The average Bonchev–Trinajstić information content (AvgIpc) is 2.65. The molecule has 1 aromatic heterocycles. The summed E-state index contributed by atoms with van der Waals surface area (Å²) in [6, 6.07) is 3.74. The van der Waals surface area contributed by atoms with Gasteiger partial charge < -0.3 is 9.52 Å². The monoisotopic (exact) mass is 239 g/mol. The second-order valence-corrected chi connectivity index (χ2v) is 4.77. The Bertz CT molecular complexity index is 395. The molecule has 1 aromatic rings. The lowest BCUT2D eigenvalue weighted by atomic mass is 10.00. The van der Waals surface area contributed by atoms with Crippen molar-refractivity contribution in [1.82, 2.24) is 4.90 Å². The van der Waals surface area contributed by atoms with E-state index in [1.165, 1.54) is 0 Å². The fraction of sp³-hybridized carbons (Fsp3) is 0.615. The Kier molecular flexibility index (Phi) is 3.98. The molecule has 1 atom stereocenters. The van der Waals surface area contributed by atoms with Crippen molar-refractivity contribution >= 4 is 5.97 Å². The Morgan fingerprint density at radius 3 is 2.47 bits per heavy atom. The molecule has 4 heteroatoms. The van der Waals surface area contributed by atoms with Crippen LogP contribution < -0.4 is 0 Å². The first kappa shape index (κ1) is 13.8. The summed E-state index contributed by atoms with van der Waals surface area (Å²) in [7, 11) is 0. The Balaban J connectivity index is 2.99. The van der Waals surface area contributed by atoms with Gasteiger partial charge in [-0.3, -0.25) is 9.69 Å². The molecule has 1 N–H and O–H groups in total. The Morgan fingerprint density at radius 1 is 1.53 bits per heavy atom. The zero-order valence-electron chi connectivity index (χ0n) is 11.2. The van der Waals surface area contributed by atoms with Crippen LogP contribution in [0.4, 0.5) is 0 Å². The number of likely N-dealkylation sites (N-methyl/N-ethyl adjacent to an activating group) is 1. The molecule has 0 aliphatic rings. The Labute approximate surface area is 102 Å². The van der Waals surface area contributed by atoms with E-state index in [2.05, 4.69) is 0 Å². The Hall–Kier alpha value is -1.29. The van der Waals surface area contributed by atoms with Crippen LogP contribution in [-0.2, 0) is 4.79 Å². The molecule has 1 rings (SSSR count). The van der Waals surface area contributed by atoms with Gasteiger partial charge in [0.05, 0.1) is 6.04 Å². The molecule has 0 aliphatic heterocycles. The summed E-state index contributed by atoms with van der Waals surface area (Å²) in [5.41, 5.74) is -0.908. The van der Waals surface area contributed by atoms with Crippen molar-refractivity contribution in [2.24, 2.45) is 0 Å². The maximum Gasteiger partial charge on any atom is 0.323 e. The number of rotatable bonds is 5. The number of carboxylic acid groups (broad SMARTS) is 1. The largest absolute Gasteiger partial charge is 0.480 e. The summed E-state index contributed by atoms with van der Waals surface area (Å²) in [6.45, 7) is 9.88. The second-order valence-electron chi connectivity index (χ2n) is 4.77. The first-order chi connectivity index (χ1) is 7.80. The van der Waals surface area contributed by atoms with Crippen LogP contribution in [0.2, 0.25) is 0 Å². The highest BCUT2D eigenvalue weighted by Crippen LogP contribution is 2.29. The van der Waals surface area contributed by atoms with Gasteiger partial charge in [0.15, 0.2) is 0 Å². The van der Waals surface area contributed by atoms with Crippen molar-refractivity contribution in [2.45, 2.75) is 46.2 Å². The van der Waals surface area contributed by atoms with Crippen molar-refractivity contribution in [3.05, 3.63) is 23.7 Å². The van der Waals surface area contributed by atoms with Crippen molar-refractivity contribution in [2.75, 3.05) is 6.54 Å². The van der Waals surface area contributed by atoms with E-state index in [1.54, 1.807) is 13.8 Å². The van der Waals surface area contributed by atoms with Crippen LogP contribution in [0, 0.1) is 6.92 Å². The van der Waals surface area contributed by atoms with E-state index in [0.717, 1.165) is 11.5 Å². The molecular weight excluding hydrogens is 218 g/mol. The van der Waals surface area contributed by atoms with Gasteiger partial charge in [-0.05, 0) is 46.4 Å². The van der Waals surface area contributed by atoms with Crippen LogP contribution in [0.25, 0.3) is 0 Å². The van der Waals surface area contributed by atoms with Crippen LogP contribution in [0.3, 0.4) is 0 Å². The van der Waals surface area contributed by atoms with E-state index >= 15 is 0 Å². The third-order valence-corrected chi connectivity index (χ3v) is 3.22. The molecule has 0 aromatic carbocycles. The molecule has 0 fully saturated rings. The van der Waals surface area contributed by atoms with Crippen molar-refractivity contribution in [3.63, 3.8) is 0 Å². The maximum absolute atomic E-state index is 11.3. The van der Waals surface area contributed by atoms with E-state index in [0.29, 0.717) is 6.54 Å². The van der Waals surface area contributed by atoms with Crippen LogP contribution in [0.15, 0.2) is 16.5 Å². The lowest BCUT2D eigenvalue weighted by molar-refractivity contribution is -0.151. The number of aliphatic carboxylic acids is 1. The van der Waals surface area contributed by atoms with Gasteiger partial charge in [-0.25, -0.2) is 0 Å². The van der Waals surface area contributed by atoms with Crippen LogP contribution in [-0.4, -0.2) is 28.1 Å². The molecular formula is C13H21NO3. The molecule has 1 unspecified atom stereocenters. The highest BCUT2D eigenvalue weighted by molar-refractivity contribution is 5.77. The number of aryl methyl sites for hydroxylation is 1. The number of hydrogen-bond donors (Lipinski definition) is 1. The zero-order chi connectivity index (χ0) is 13.2. The number of carboxylic acids is 1. The van der Waals surface area contributed by atoms with Crippen LogP contribution >= 0.6 is 0 Å². The Morgan fingerprint density at radius 2 is 2.12 bits per heavy atom. The predicted molar refractivity (Wildman–Crippen MR) is 66.0 cm³/mol. The molecule has 0 radical (unpaired) electrons. The average molecular weight is 239 g/mol. The first-order valence-electron chi connectivity index (χ1n) is 5.87. The standard InChI is InChI=1S/C13H21NO3/c1-6-14(13(4,5)12(15)16)10(3)11-8-7-9(2)17-11/h7-8,10H,6H2,1-5H3,(H,15,16). The van der Waals surface area contributed by atoms with Gasteiger partial charge in [-0.15, -0.1) is 0 Å². The topological polar surface area (TPSA) is 53.7 Å². The highest BCUT2D eigenvalue weighted by Gasteiger charge is 2.37. The quantitative estimate of drug-likeness (QED) is 0.858. The molecule has 0 spiro atoms. The van der Waals surface area contributed by atoms with E-state index < -0.39 is 11.5 Å². The van der Waals surface area contributed by atoms with Gasteiger partial charge in [0.1, 0.15) is 17.1 Å². The molecule has 0 aliphatic carbocycles. The SMILES string of the molecule is CCN(C(C)c1ccc(C)o1)C(C)(C)C(=O)O. The molecule has 96 valence electrons. The molecule has 1 heterocycles. The van der Waals surface area contributed by atoms with Gasteiger partial charge >= 0.3 is 5.97 Å². The zero-order valence-corrected chi connectivity index (χ0v) is 11.2. The third-order valence-electron chi connectivity index (χ3n) is 3.22. The normalized spacial score (nSPS) is 14.0. The van der Waals surface area contributed by atoms with Gasteiger partial charge in [0, 0.05) is 0 Å². The molecule has 0 amide bonds. The minimum atomic E-state index is -0.908. The summed E-state index contributed by atoms with van der Waals surface area (Å²) in [5, 5.41) is 9.27. The number of furan rings is 1. The second kappa shape index (κ2) is 4.92. The van der Waals surface area contributed by atoms with Crippen LogP contribution in [0.1, 0.15) is 45.3 Å². The van der Waals surface area contributed by atoms with E-state index in [1.807, 2.05) is 37.8 Å². The molecule has 0 saturated carbocycles. The van der Waals surface area contributed by atoms with Crippen LogP contribution in [0.5, 0.6) is 0 Å². The summed E-state index contributed by atoms with van der Waals surface area (Å²) in [5.74, 6) is 0.823. The fourth-order valence-electron chi connectivity index (χ4n) is 2.11. The van der Waals surface area contributed by atoms with E-state index in [9.17, 15) is 9.90 Å². The maximum atomic E-state index is 11.3. The van der Waals surface area contributed by atoms with Gasteiger partial charge in [-0.1, -0.05) is 6.92 Å². The predicted octanol–water partition coefficient (Wildman–Crippen LogP) is 2.83. The lowest BCUT2D eigenvalue weighted by Crippen LogP contribution is -2.50. The molecule has 4 nitrogen and oxygen atoms in total. The third kappa shape index (κ3) is 2.69. The minimum Gasteiger partial charge on any atom is -0.480 e. The summed E-state index contributed by atoms with van der Waals surface area (Å²) in [4.78, 5) is 13.2. The van der Waals surface area contributed by atoms with E-state index in [-0.39, 0.29) is 6.04 Å². The number of nitrogens with zero attached hydrogens (tertiary/aromatic N) is 1. The molecule has 0 bridgehead atoms. The van der Waals surface area contributed by atoms with Crippen molar-refractivity contribution in [3.8, 4) is 0 Å². The molecule has 0 saturated heterocycles. The fourth-order valence-corrected chi connectivity index (χ4v) is 2.11. The van der Waals surface area contributed by atoms with Gasteiger partial charge in [0.25, 0.3) is 0 Å². The van der Waals surface area contributed by atoms with Crippen molar-refractivity contribution in [1.29, 1.82) is 0 Å². The first-order valence-corrected chi connectivity index (χ1v) is 5.87. The summed E-state index contributed by atoms with van der Waals surface area (Å²) < 4.78 is 5.57. The lowest BCUT2D eigenvalue weighted by Gasteiger charge is -2.37. The highest BCUT2D eigenvalue weighted by atomic mass is 16.4. The minimum absolute atomic E-state index is 0.0557. The van der Waals surface area contributed by atoms with Gasteiger partial charge in [0.2, 0.25) is 0 Å². The van der Waals surface area contributed by atoms with E-state index in [4.69, 9.17) is 4.42 Å². The summed E-state index contributed by atoms with van der Waals surface area (Å²) in [6.07, 6.45) is 0. The molecule has 17 heavy (non-hydrogen) atoms. The number of hydrogen-bond acceptors (Lipinski definition) is 3. The summed E-state index contributed by atoms with van der Waals surface area (Å²) >= 11 is 0.